The van der Waals surface area contributed by atoms with Crippen molar-refractivity contribution < 1.29 is 32.0 Å². The van der Waals surface area contributed by atoms with E-state index < -0.39 is 18.1 Å². The molecule has 0 aliphatic rings. The first-order valence-corrected chi connectivity index (χ1v) is 5.65. The van der Waals surface area contributed by atoms with Gasteiger partial charge in [-0.3, -0.25) is 0 Å². The molecule has 6 nitrogen and oxygen atoms in total. The van der Waals surface area contributed by atoms with Crippen molar-refractivity contribution in [3.8, 4) is 5.75 Å². The monoisotopic (exact) mass is 302 g/mol. The van der Waals surface area contributed by atoms with E-state index in [-0.39, 0.29) is 18.1 Å². The number of hydrogen-bond donors (Lipinski definition) is 0. The van der Waals surface area contributed by atoms with E-state index in [4.69, 9.17) is 9.26 Å². The van der Waals surface area contributed by atoms with Gasteiger partial charge in [-0.1, -0.05) is 5.16 Å². The molecule has 9 heteroatoms. The lowest BCUT2D eigenvalue weighted by atomic mass is 10.2. The number of alkyl halides is 3. The van der Waals surface area contributed by atoms with Crippen molar-refractivity contribution in [3.63, 3.8) is 0 Å². The lowest BCUT2D eigenvalue weighted by molar-refractivity contribution is -0.274. The third kappa shape index (κ3) is 4.48. The number of rotatable bonds is 4. The Morgan fingerprint density at radius 2 is 1.95 bits per heavy atom. The summed E-state index contributed by atoms with van der Waals surface area (Å²) in [6.07, 6.45) is -4.78. The van der Waals surface area contributed by atoms with Gasteiger partial charge in [0.2, 0.25) is 0 Å². The lowest BCUT2D eigenvalue weighted by Crippen LogP contribution is -2.17. The lowest BCUT2D eigenvalue weighted by Gasteiger charge is -2.08. The van der Waals surface area contributed by atoms with Gasteiger partial charge in [-0.25, -0.2) is 4.79 Å². The quantitative estimate of drug-likeness (QED) is 0.808. The van der Waals surface area contributed by atoms with Gasteiger partial charge in [0.1, 0.15) is 5.75 Å². The molecular formula is C12H9F3N2O4. The molecule has 1 aromatic carbocycles. The van der Waals surface area contributed by atoms with Crippen LogP contribution in [0, 0.1) is 6.92 Å². The van der Waals surface area contributed by atoms with Crippen LogP contribution < -0.4 is 4.74 Å². The highest BCUT2D eigenvalue weighted by Crippen LogP contribution is 2.22. The van der Waals surface area contributed by atoms with Crippen LogP contribution in [0.5, 0.6) is 5.75 Å². The highest BCUT2D eigenvalue weighted by molar-refractivity contribution is 5.89. The van der Waals surface area contributed by atoms with E-state index in [1.165, 1.54) is 0 Å². The van der Waals surface area contributed by atoms with Crippen LogP contribution in [0.2, 0.25) is 0 Å². The van der Waals surface area contributed by atoms with Crippen molar-refractivity contribution >= 4 is 5.97 Å². The first-order valence-electron chi connectivity index (χ1n) is 5.65. The number of halogens is 3. The second-order valence-corrected chi connectivity index (χ2v) is 3.88. The van der Waals surface area contributed by atoms with Crippen molar-refractivity contribution in [2.75, 3.05) is 0 Å². The zero-order valence-corrected chi connectivity index (χ0v) is 10.7. The molecule has 112 valence electrons. The number of carbonyl (C=O) groups excluding carboxylic acids is 1. The Bertz CT molecular complexity index is 622. The zero-order valence-electron chi connectivity index (χ0n) is 10.7. The van der Waals surface area contributed by atoms with Crippen molar-refractivity contribution in [3.05, 3.63) is 41.5 Å². The summed E-state index contributed by atoms with van der Waals surface area (Å²) in [6, 6.07) is 4.34. The van der Waals surface area contributed by atoms with E-state index in [9.17, 15) is 18.0 Å². The number of nitrogens with zero attached hydrogens (tertiary/aromatic N) is 2. The summed E-state index contributed by atoms with van der Waals surface area (Å²) >= 11 is 0. The highest BCUT2D eigenvalue weighted by Gasteiger charge is 2.31. The Morgan fingerprint density at radius 1 is 1.29 bits per heavy atom. The molecule has 1 heterocycles. The van der Waals surface area contributed by atoms with E-state index in [1.807, 2.05) is 0 Å². The minimum absolute atomic E-state index is 0.0701. The van der Waals surface area contributed by atoms with Gasteiger partial charge in [-0.15, -0.1) is 13.2 Å². The van der Waals surface area contributed by atoms with Crippen LogP contribution in [0.15, 0.2) is 28.8 Å². The minimum Gasteiger partial charge on any atom is -0.452 e. The standard InChI is InChI=1S/C12H9F3N2O4/c1-7-16-10(21-17-7)6-19-11(18)8-2-4-9(5-3-8)20-12(13,14)15/h2-5H,6H2,1H3. The molecule has 2 aromatic rings. The van der Waals surface area contributed by atoms with Gasteiger partial charge in [0.15, 0.2) is 12.4 Å². The van der Waals surface area contributed by atoms with E-state index in [2.05, 4.69) is 14.9 Å². The van der Waals surface area contributed by atoms with Crippen LogP contribution in [-0.2, 0) is 11.3 Å². The van der Waals surface area contributed by atoms with Crippen LogP contribution in [0.4, 0.5) is 13.2 Å². The van der Waals surface area contributed by atoms with Gasteiger partial charge in [0.25, 0.3) is 5.89 Å². The number of aromatic nitrogens is 2. The third-order valence-electron chi connectivity index (χ3n) is 2.22. The Kier molecular flexibility index (Phi) is 4.10. The van der Waals surface area contributed by atoms with Gasteiger partial charge >= 0.3 is 12.3 Å². The summed E-state index contributed by atoms with van der Waals surface area (Å²) < 4.78 is 49.2. The molecule has 0 atom stereocenters. The van der Waals surface area contributed by atoms with Gasteiger partial charge in [-0.05, 0) is 31.2 Å². The van der Waals surface area contributed by atoms with Crippen LogP contribution in [0.25, 0.3) is 0 Å². The van der Waals surface area contributed by atoms with E-state index in [0.29, 0.717) is 5.82 Å². The molecule has 0 amide bonds. The van der Waals surface area contributed by atoms with Crippen LogP contribution >= 0.6 is 0 Å². The Hall–Kier alpha value is -2.58. The van der Waals surface area contributed by atoms with Gasteiger partial charge < -0.3 is 14.0 Å². The summed E-state index contributed by atoms with van der Waals surface area (Å²) in [7, 11) is 0. The average Bonchev–Trinajstić information content (AvgIpc) is 2.81. The van der Waals surface area contributed by atoms with Crippen LogP contribution in [0.1, 0.15) is 22.1 Å². The normalized spacial score (nSPS) is 11.2. The predicted octanol–water partition coefficient (Wildman–Crippen LogP) is 2.63. The first-order chi connectivity index (χ1) is 9.83. The summed E-state index contributed by atoms with van der Waals surface area (Å²) in [6.45, 7) is 1.38. The fourth-order valence-electron chi connectivity index (χ4n) is 1.40. The summed E-state index contributed by atoms with van der Waals surface area (Å²) in [5, 5.41) is 3.51. The number of esters is 1. The van der Waals surface area contributed by atoms with Crippen LogP contribution in [0.3, 0.4) is 0 Å². The number of hydrogen-bond acceptors (Lipinski definition) is 6. The Labute approximate surface area is 116 Å². The third-order valence-corrected chi connectivity index (χ3v) is 2.22. The summed E-state index contributed by atoms with van der Waals surface area (Å²) in [4.78, 5) is 15.5. The molecular weight excluding hydrogens is 293 g/mol. The maximum Gasteiger partial charge on any atom is 0.573 e. The van der Waals surface area contributed by atoms with Crippen molar-refractivity contribution in [1.29, 1.82) is 0 Å². The SMILES string of the molecule is Cc1noc(COC(=O)c2ccc(OC(F)(F)F)cc2)n1. The molecule has 0 radical (unpaired) electrons. The van der Waals surface area contributed by atoms with Crippen molar-refractivity contribution in [2.45, 2.75) is 19.9 Å². The molecule has 0 fully saturated rings. The maximum atomic E-state index is 12.0. The molecule has 1 aromatic heterocycles. The van der Waals surface area contributed by atoms with Gasteiger partial charge in [-0.2, -0.15) is 4.98 Å². The molecule has 21 heavy (non-hydrogen) atoms. The number of ether oxygens (including phenoxy) is 2. The maximum absolute atomic E-state index is 12.0. The Balaban J connectivity index is 1.93. The van der Waals surface area contributed by atoms with E-state index in [1.54, 1.807) is 6.92 Å². The molecule has 0 unspecified atom stereocenters. The highest BCUT2D eigenvalue weighted by atomic mass is 19.4. The molecule has 0 aliphatic carbocycles. The van der Waals surface area contributed by atoms with E-state index >= 15 is 0 Å². The zero-order chi connectivity index (χ0) is 15.5. The number of carbonyl (C=O) groups is 1. The van der Waals surface area contributed by atoms with Crippen LogP contribution in [-0.4, -0.2) is 22.5 Å². The molecule has 0 bridgehead atoms. The largest absolute Gasteiger partial charge is 0.573 e. The van der Waals surface area contributed by atoms with E-state index in [0.717, 1.165) is 24.3 Å². The molecule has 0 saturated heterocycles. The van der Waals surface area contributed by atoms with Gasteiger partial charge in [0, 0.05) is 0 Å². The topological polar surface area (TPSA) is 74.5 Å². The molecule has 2 rings (SSSR count). The Morgan fingerprint density at radius 3 is 2.48 bits per heavy atom. The fourth-order valence-corrected chi connectivity index (χ4v) is 1.40. The van der Waals surface area contributed by atoms with Gasteiger partial charge in [0.05, 0.1) is 5.56 Å². The number of benzene rings is 1. The molecule has 0 aliphatic heterocycles. The average molecular weight is 302 g/mol. The molecule has 0 saturated carbocycles. The summed E-state index contributed by atoms with van der Waals surface area (Å²) in [5.74, 6) is -0.636. The number of aryl methyl sites for hydroxylation is 1. The first kappa shape index (κ1) is 14.8. The predicted molar refractivity (Wildman–Crippen MR) is 61.3 cm³/mol. The van der Waals surface area contributed by atoms with Crippen molar-refractivity contribution in [1.82, 2.24) is 10.1 Å². The molecule has 0 spiro atoms. The smallest absolute Gasteiger partial charge is 0.452 e. The minimum atomic E-state index is -4.78. The summed E-state index contributed by atoms with van der Waals surface area (Å²) in [5.41, 5.74) is 0.0701. The second-order valence-electron chi connectivity index (χ2n) is 3.88. The van der Waals surface area contributed by atoms with Crippen molar-refractivity contribution in [2.24, 2.45) is 0 Å². The fraction of sp³-hybridized carbons (Fsp3) is 0.250. The second kappa shape index (κ2) is 5.81. The molecule has 0 N–H and O–H groups in total.